The third kappa shape index (κ3) is 4.89. The predicted octanol–water partition coefficient (Wildman–Crippen LogP) is 4.61. The summed E-state index contributed by atoms with van der Waals surface area (Å²) in [6, 6.07) is 4.42. The van der Waals surface area contributed by atoms with E-state index in [-0.39, 0.29) is 28.4 Å². The van der Waals surface area contributed by atoms with Crippen LogP contribution in [-0.2, 0) is 6.54 Å². The summed E-state index contributed by atoms with van der Waals surface area (Å²) in [6.45, 7) is 0.368. The molecule has 3 N–H and O–H groups in total. The molecular weight excluding hydrogens is 454 g/mol. The van der Waals surface area contributed by atoms with Crippen molar-refractivity contribution in [2.75, 3.05) is 12.8 Å². The molecule has 0 aliphatic rings. The lowest BCUT2D eigenvalue weighted by atomic mass is 10.1. The first-order valence-electron chi connectivity index (χ1n) is 9.44. The number of anilines is 1. The van der Waals surface area contributed by atoms with Crippen LogP contribution in [0.15, 0.2) is 36.4 Å². The number of carbonyl (C=O) groups is 1. The van der Waals surface area contributed by atoms with E-state index in [0.717, 1.165) is 37.3 Å². The molecule has 1 heterocycles. The normalized spacial score (nSPS) is 12.5. The van der Waals surface area contributed by atoms with E-state index in [9.17, 15) is 31.1 Å². The van der Waals surface area contributed by atoms with Gasteiger partial charge in [-0.15, -0.1) is 0 Å². The van der Waals surface area contributed by atoms with Gasteiger partial charge in [0.25, 0.3) is 5.91 Å². The zero-order valence-corrected chi connectivity index (χ0v) is 17.3. The number of benzene rings is 2. The Morgan fingerprint density at radius 1 is 1.15 bits per heavy atom. The number of aromatic nitrogens is 2. The highest BCUT2D eigenvalue weighted by molar-refractivity contribution is 5.96. The Morgan fingerprint density at radius 3 is 2.48 bits per heavy atom. The summed E-state index contributed by atoms with van der Waals surface area (Å²) < 4.78 is 87.0. The van der Waals surface area contributed by atoms with E-state index < -0.39 is 47.7 Å². The molecule has 1 atom stereocenters. The van der Waals surface area contributed by atoms with Crippen LogP contribution < -0.4 is 15.8 Å². The summed E-state index contributed by atoms with van der Waals surface area (Å²) in [4.78, 5) is 12.3. The second-order valence-electron chi connectivity index (χ2n) is 7.04. The fourth-order valence-corrected chi connectivity index (χ4v) is 3.04. The Morgan fingerprint density at radius 2 is 1.85 bits per heavy atom. The van der Waals surface area contributed by atoms with Crippen molar-refractivity contribution < 1.29 is 35.9 Å². The maximum atomic E-state index is 14.7. The zero-order valence-electron chi connectivity index (χ0n) is 17.3. The second-order valence-corrected chi connectivity index (χ2v) is 7.04. The standard InChI is InChI=1S/C21H18F6N4O2/c1-10(21(25,26)27)31-17(28)8-15(30-31)13-5-3-11(18(23)19(13)24)9-29-20(32)14-7-12(22)4-6-16(14)33-2/h3-8,10H,9,28H2,1-2H3,(H,29,32). The van der Waals surface area contributed by atoms with E-state index in [2.05, 4.69) is 10.4 Å². The fraction of sp³-hybridized carbons (Fsp3) is 0.238. The van der Waals surface area contributed by atoms with Crippen molar-refractivity contribution in [2.45, 2.75) is 25.7 Å². The SMILES string of the molecule is COc1ccc(F)cc1C(=O)NCc1ccc(-c2cc(N)n(C(C)C(F)(F)F)n2)c(F)c1F. The smallest absolute Gasteiger partial charge is 0.410 e. The maximum absolute atomic E-state index is 14.7. The van der Waals surface area contributed by atoms with Crippen LogP contribution in [0.4, 0.5) is 32.2 Å². The fourth-order valence-electron chi connectivity index (χ4n) is 3.04. The van der Waals surface area contributed by atoms with Gasteiger partial charge in [-0.2, -0.15) is 18.3 Å². The quantitative estimate of drug-likeness (QED) is 0.514. The molecule has 0 bridgehead atoms. The maximum Gasteiger partial charge on any atom is 0.410 e. The first kappa shape index (κ1) is 24.0. The average molecular weight is 472 g/mol. The third-order valence-electron chi connectivity index (χ3n) is 4.89. The highest BCUT2D eigenvalue weighted by atomic mass is 19.4. The lowest BCUT2D eigenvalue weighted by Crippen LogP contribution is -2.25. The molecule has 0 aliphatic heterocycles. The van der Waals surface area contributed by atoms with Crippen molar-refractivity contribution in [3.63, 3.8) is 0 Å². The number of amides is 1. The van der Waals surface area contributed by atoms with Crippen molar-refractivity contribution in [2.24, 2.45) is 0 Å². The van der Waals surface area contributed by atoms with Gasteiger partial charge < -0.3 is 15.8 Å². The van der Waals surface area contributed by atoms with Gasteiger partial charge in [0.15, 0.2) is 11.6 Å². The predicted molar refractivity (Wildman–Crippen MR) is 107 cm³/mol. The first-order valence-corrected chi connectivity index (χ1v) is 9.44. The number of hydrogen-bond acceptors (Lipinski definition) is 4. The minimum Gasteiger partial charge on any atom is -0.496 e. The van der Waals surface area contributed by atoms with Gasteiger partial charge in [-0.25, -0.2) is 17.9 Å². The van der Waals surface area contributed by atoms with Crippen molar-refractivity contribution in [1.29, 1.82) is 0 Å². The topological polar surface area (TPSA) is 82.2 Å². The summed E-state index contributed by atoms with van der Waals surface area (Å²) in [5, 5.41) is 6.00. The highest BCUT2D eigenvalue weighted by Crippen LogP contribution is 2.34. The van der Waals surface area contributed by atoms with Crippen LogP contribution in [0, 0.1) is 17.5 Å². The van der Waals surface area contributed by atoms with Crippen molar-refractivity contribution in [3.05, 3.63) is 65.0 Å². The molecule has 0 saturated carbocycles. The largest absolute Gasteiger partial charge is 0.496 e. The van der Waals surface area contributed by atoms with E-state index in [0.29, 0.717) is 4.68 Å². The van der Waals surface area contributed by atoms with Gasteiger partial charge in [0.1, 0.15) is 23.4 Å². The number of carbonyl (C=O) groups excluding carboxylic acids is 1. The Labute approximate surface area is 184 Å². The number of nitrogen functional groups attached to an aromatic ring is 1. The molecule has 33 heavy (non-hydrogen) atoms. The van der Waals surface area contributed by atoms with Gasteiger partial charge >= 0.3 is 6.18 Å². The molecule has 0 radical (unpaired) electrons. The van der Waals surface area contributed by atoms with Crippen LogP contribution in [0.1, 0.15) is 28.9 Å². The highest BCUT2D eigenvalue weighted by Gasteiger charge is 2.39. The van der Waals surface area contributed by atoms with Gasteiger partial charge in [0.2, 0.25) is 0 Å². The molecule has 176 valence electrons. The van der Waals surface area contributed by atoms with Gasteiger partial charge in [-0.3, -0.25) is 4.79 Å². The van der Waals surface area contributed by atoms with E-state index >= 15 is 0 Å². The van der Waals surface area contributed by atoms with Crippen LogP contribution in [0.3, 0.4) is 0 Å². The summed E-state index contributed by atoms with van der Waals surface area (Å²) in [6.07, 6.45) is -4.65. The van der Waals surface area contributed by atoms with Gasteiger partial charge in [0.05, 0.1) is 18.4 Å². The summed E-state index contributed by atoms with van der Waals surface area (Å²) in [5.41, 5.74) is 4.47. The Hall–Kier alpha value is -3.70. The second kappa shape index (κ2) is 9.04. The number of alkyl halides is 3. The van der Waals surface area contributed by atoms with E-state index in [1.165, 1.54) is 13.2 Å². The number of nitrogens with one attached hydrogen (secondary N) is 1. The average Bonchev–Trinajstić information content (AvgIpc) is 3.14. The molecule has 0 saturated heterocycles. The van der Waals surface area contributed by atoms with Crippen molar-refractivity contribution >= 4 is 11.7 Å². The number of ether oxygens (including phenoxy) is 1. The Kier molecular flexibility index (Phi) is 6.56. The van der Waals surface area contributed by atoms with Crippen LogP contribution in [0.25, 0.3) is 11.3 Å². The van der Waals surface area contributed by atoms with Crippen LogP contribution >= 0.6 is 0 Å². The van der Waals surface area contributed by atoms with Crippen molar-refractivity contribution in [1.82, 2.24) is 15.1 Å². The minimum absolute atomic E-state index is 0.0807. The summed E-state index contributed by atoms with van der Waals surface area (Å²) in [7, 11) is 1.28. The number of rotatable bonds is 6. The summed E-state index contributed by atoms with van der Waals surface area (Å²) in [5.74, 6) is -4.50. The molecule has 12 heteroatoms. The van der Waals surface area contributed by atoms with E-state index in [1.54, 1.807) is 0 Å². The number of nitrogens with two attached hydrogens (primary N) is 1. The van der Waals surface area contributed by atoms with Crippen molar-refractivity contribution in [3.8, 4) is 17.0 Å². The van der Waals surface area contributed by atoms with Gasteiger partial charge in [0, 0.05) is 23.7 Å². The first-order chi connectivity index (χ1) is 15.4. The van der Waals surface area contributed by atoms with Gasteiger partial charge in [-0.05, 0) is 31.2 Å². The Balaban J connectivity index is 1.83. The molecule has 1 unspecified atom stereocenters. The van der Waals surface area contributed by atoms with Crippen LogP contribution in [0.2, 0.25) is 0 Å². The zero-order chi connectivity index (χ0) is 24.5. The molecule has 0 aliphatic carbocycles. The van der Waals surface area contributed by atoms with E-state index in [4.69, 9.17) is 10.5 Å². The van der Waals surface area contributed by atoms with Crippen LogP contribution in [-0.4, -0.2) is 29.0 Å². The number of methoxy groups -OCH3 is 1. The molecule has 2 aromatic carbocycles. The summed E-state index contributed by atoms with van der Waals surface area (Å²) >= 11 is 0. The monoisotopic (exact) mass is 472 g/mol. The molecule has 1 amide bonds. The minimum atomic E-state index is -4.65. The van der Waals surface area contributed by atoms with Gasteiger partial charge in [-0.1, -0.05) is 6.07 Å². The molecule has 6 nitrogen and oxygen atoms in total. The van der Waals surface area contributed by atoms with E-state index in [1.807, 2.05) is 0 Å². The molecule has 0 fully saturated rings. The molecule has 3 rings (SSSR count). The Bertz CT molecular complexity index is 1190. The number of hydrogen-bond donors (Lipinski definition) is 2. The van der Waals surface area contributed by atoms with Crippen LogP contribution in [0.5, 0.6) is 5.75 Å². The number of halogens is 6. The third-order valence-corrected chi connectivity index (χ3v) is 4.89. The number of nitrogens with zero attached hydrogens (tertiary/aromatic N) is 2. The molecule has 1 aromatic heterocycles. The lowest BCUT2D eigenvalue weighted by Gasteiger charge is -2.17. The lowest BCUT2D eigenvalue weighted by molar-refractivity contribution is -0.164. The molecule has 0 spiro atoms. The molecular formula is C21H18F6N4O2. The molecule has 3 aromatic rings.